The van der Waals surface area contributed by atoms with Gasteiger partial charge in [0, 0.05) is 7.05 Å². The number of aromatic nitrogens is 3. The van der Waals surface area contributed by atoms with Crippen molar-refractivity contribution < 1.29 is 23.8 Å². The van der Waals surface area contributed by atoms with Crippen molar-refractivity contribution >= 4 is 17.6 Å². The van der Waals surface area contributed by atoms with Gasteiger partial charge in [0.2, 0.25) is 0 Å². The van der Waals surface area contributed by atoms with Crippen molar-refractivity contribution in [3.05, 3.63) is 70.9 Å². The second-order valence-corrected chi connectivity index (χ2v) is 9.07. The molecular formula is C26H26FN5O4. The van der Waals surface area contributed by atoms with Crippen LogP contribution < -0.4 is 15.0 Å². The number of hydrogen-bond donors (Lipinski definition) is 2. The normalized spacial score (nSPS) is 15.3. The number of ether oxygens (including phenoxy) is 1. The number of carbonyl (C=O) groups excluding carboxylic acids is 2. The number of likely N-dealkylation sites (N-methyl/N-ethyl adjacent to an activating group) is 1. The van der Waals surface area contributed by atoms with E-state index in [1.165, 1.54) is 16.6 Å². The van der Waals surface area contributed by atoms with E-state index in [1.807, 2.05) is 31.2 Å². The lowest BCUT2D eigenvalue weighted by Gasteiger charge is -2.19. The first-order chi connectivity index (χ1) is 17.0. The molecule has 9 nitrogen and oxygen atoms in total. The molecule has 1 atom stereocenters. The number of amides is 2. The fraction of sp³-hybridized carbons (Fsp3) is 0.308. The van der Waals surface area contributed by atoms with Crippen molar-refractivity contribution in [3.63, 3.8) is 0 Å². The lowest BCUT2D eigenvalue weighted by atomic mass is 10.1. The van der Waals surface area contributed by atoms with Crippen LogP contribution in [0.5, 0.6) is 5.75 Å². The van der Waals surface area contributed by atoms with E-state index >= 15 is 0 Å². The van der Waals surface area contributed by atoms with Gasteiger partial charge in [-0.15, -0.1) is 0 Å². The third kappa shape index (κ3) is 5.70. The Kier molecular flexibility index (Phi) is 6.77. The lowest BCUT2D eigenvalue weighted by molar-refractivity contribution is -0.120. The summed E-state index contributed by atoms with van der Waals surface area (Å²) in [5.41, 5.74) is 0.719. The van der Waals surface area contributed by atoms with Crippen LogP contribution in [0.4, 0.5) is 10.2 Å². The fourth-order valence-electron chi connectivity index (χ4n) is 3.50. The number of nitrogens with one attached hydrogen (secondary N) is 1. The molecule has 1 aliphatic heterocycles. The highest BCUT2D eigenvalue weighted by molar-refractivity contribution is 6.02. The Balaban J connectivity index is 1.48. The highest BCUT2D eigenvalue weighted by Crippen LogP contribution is 2.28. The molecule has 2 N–H and O–H groups in total. The number of rotatable bonds is 4. The first kappa shape index (κ1) is 24.9. The van der Waals surface area contributed by atoms with Crippen LogP contribution >= 0.6 is 0 Å². The largest absolute Gasteiger partial charge is 0.487 e. The smallest absolute Gasteiger partial charge is 0.275 e. The molecule has 1 aromatic carbocycles. The van der Waals surface area contributed by atoms with Gasteiger partial charge in [0.05, 0.1) is 12.7 Å². The molecule has 0 saturated heterocycles. The molecule has 0 radical (unpaired) electrons. The summed E-state index contributed by atoms with van der Waals surface area (Å²) in [7, 11) is 1.49. The maximum absolute atomic E-state index is 14.5. The molecule has 0 bridgehead atoms. The Bertz CT molecular complexity index is 1370. The van der Waals surface area contributed by atoms with Crippen molar-refractivity contribution in [3.8, 4) is 17.6 Å². The highest BCUT2D eigenvalue weighted by Gasteiger charge is 2.33. The van der Waals surface area contributed by atoms with Crippen molar-refractivity contribution in [2.75, 3.05) is 18.6 Å². The van der Waals surface area contributed by atoms with Crippen molar-refractivity contribution in [2.24, 2.45) is 0 Å². The van der Waals surface area contributed by atoms with Gasteiger partial charge in [0.15, 0.2) is 23.1 Å². The van der Waals surface area contributed by atoms with Crippen LogP contribution in [-0.4, -0.2) is 57.0 Å². The second kappa shape index (κ2) is 9.79. The van der Waals surface area contributed by atoms with Crippen LogP contribution in [0, 0.1) is 24.6 Å². The Morgan fingerprint density at radius 2 is 2.00 bits per heavy atom. The van der Waals surface area contributed by atoms with Gasteiger partial charge in [-0.2, -0.15) is 5.10 Å². The minimum atomic E-state index is -1.20. The van der Waals surface area contributed by atoms with Crippen molar-refractivity contribution in [1.82, 2.24) is 20.1 Å². The molecule has 36 heavy (non-hydrogen) atoms. The van der Waals surface area contributed by atoms with Gasteiger partial charge >= 0.3 is 0 Å². The number of aliphatic hydroxyl groups is 1. The molecule has 0 spiro atoms. The molecule has 3 heterocycles. The highest BCUT2D eigenvalue weighted by atomic mass is 19.1. The summed E-state index contributed by atoms with van der Waals surface area (Å²) in [6, 6.07) is 9.80. The number of pyridine rings is 1. The second-order valence-electron chi connectivity index (χ2n) is 9.07. The maximum Gasteiger partial charge on any atom is 0.275 e. The number of benzene rings is 1. The molecule has 0 saturated carbocycles. The number of nitrogens with zero attached hydrogens (tertiary/aromatic N) is 4. The van der Waals surface area contributed by atoms with Crippen LogP contribution in [0.25, 0.3) is 0 Å². The average molecular weight is 492 g/mol. The molecule has 2 aromatic heterocycles. The summed E-state index contributed by atoms with van der Waals surface area (Å²) in [6.07, 6.45) is 1.14. The van der Waals surface area contributed by atoms with E-state index in [1.54, 1.807) is 26.0 Å². The number of carbonyl (C=O) groups is 2. The van der Waals surface area contributed by atoms with E-state index in [0.29, 0.717) is 18.0 Å². The minimum absolute atomic E-state index is 0.177. The van der Waals surface area contributed by atoms with E-state index in [2.05, 4.69) is 27.2 Å². The average Bonchev–Trinajstić information content (AvgIpc) is 3.15. The van der Waals surface area contributed by atoms with Gasteiger partial charge in [-0.05, 0) is 44.4 Å². The predicted molar refractivity (Wildman–Crippen MR) is 130 cm³/mol. The van der Waals surface area contributed by atoms with Crippen LogP contribution in [0.1, 0.15) is 41.2 Å². The summed E-state index contributed by atoms with van der Waals surface area (Å²) < 4.78 is 21.6. The molecule has 0 fully saturated rings. The number of fused-ring (bicyclic) bond motifs is 1. The third-order valence-electron chi connectivity index (χ3n) is 5.39. The van der Waals surface area contributed by atoms with Crippen LogP contribution in [0.15, 0.2) is 42.6 Å². The van der Waals surface area contributed by atoms with Gasteiger partial charge in [0.25, 0.3) is 11.8 Å². The molecule has 10 heteroatoms. The molecule has 1 aliphatic rings. The lowest BCUT2D eigenvalue weighted by Crippen LogP contribution is -2.49. The van der Waals surface area contributed by atoms with Crippen molar-refractivity contribution in [2.45, 2.75) is 39.0 Å². The number of aryl methyl sites for hydroxylation is 1. The number of anilines is 1. The molecule has 186 valence electrons. The molecule has 0 aliphatic carbocycles. The Hall–Kier alpha value is -4.23. The summed E-state index contributed by atoms with van der Waals surface area (Å²) in [5, 5.41) is 16.4. The van der Waals surface area contributed by atoms with Gasteiger partial charge in [0.1, 0.15) is 23.9 Å². The summed E-state index contributed by atoms with van der Waals surface area (Å²) in [6.45, 7) is 5.17. The molecule has 3 aromatic rings. The van der Waals surface area contributed by atoms with E-state index in [4.69, 9.17) is 4.74 Å². The van der Waals surface area contributed by atoms with Gasteiger partial charge in [-0.1, -0.05) is 35.7 Å². The zero-order valence-electron chi connectivity index (χ0n) is 20.4. The fourth-order valence-corrected chi connectivity index (χ4v) is 3.50. The summed E-state index contributed by atoms with van der Waals surface area (Å²) >= 11 is 0. The zero-order chi connectivity index (χ0) is 26.0. The summed E-state index contributed by atoms with van der Waals surface area (Å²) in [4.78, 5) is 31.5. The first-order valence-electron chi connectivity index (χ1n) is 11.3. The minimum Gasteiger partial charge on any atom is -0.487 e. The maximum atomic E-state index is 14.5. The predicted octanol–water partition coefficient (Wildman–Crippen LogP) is 2.05. The SMILES string of the molecule is Cc1ccc(Cn2cc(F)c(C(=O)N[C@H]3COc4ccc(C#CC(C)(C)O)nc4N(C)C3=O)n2)cc1. The summed E-state index contributed by atoms with van der Waals surface area (Å²) in [5.74, 6) is 3.83. The molecule has 4 rings (SSSR count). The Labute approximate surface area is 207 Å². The van der Waals surface area contributed by atoms with Crippen LogP contribution in [0.2, 0.25) is 0 Å². The van der Waals surface area contributed by atoms with Crippen LogP contribution in [-0.2, 0) is 11.3 Å². The first-order valence-corrected chi connectivity index (χ1v) is 11.3. The van der Waals surface area contributed by atoms with E-state index in [9.17, 15) is 19.1 Å². The Morgan fingerprint density at radius 1 is 1.28 bits per heavy atom. The standard InChI is InChI=1S/C26H26FN5O4/c1-16-5-7-17(8-6-16)13-32-14-19(27)22(30-32)24(33)29-20-15-36-21-10-9-18(11-12-26(2,3)35)28-23(21)31(4)25(20)34/h5-10,14,20,35H,13,15H2,1-4H3,(H,29,33)/t20-/m0/s1. The van der Waals surface area contributed by atoms with Crippen LogP contribution in [0.3, 0.4) is 0 Å². The van der Waals surface area contributed by atoms with Crippen molar-refractivity contribution in [1.29, 1.82) is 0 Å². The van der Waals surface area contributed by atoms with Gasteiger partial charge in [-0.25, -0.2) is 9.37 Å². The van der Waals surface area contributed by atoms with E-state index < -0.39 is 35.0 Å². The zero-order valence-corrected chi connectivity index (χ0v) is 20.4. The topological polar surface area (TPSA) is 110 Å². The quantitative estimate of drug-likeness (QED) is 0.541. The monoisotopic (exact) mass is 491 g/mol. The Morgan fingerprint density at radius 3 is 2.69 bits per heavy atom. The molecule has 2 amide bonds. The number of hydrogen-bond acceptors (Lipinski definition) is 6. The third-order valence-corrected chi connectivity index (χ3v) is 5.39. The van der Waals surface area contributed by atoms with Gasteiger partial charge < -0.3 is 15.2 Å². The number of halogens is 1. The molecular weight excluding hydrogens is 465 g/mol. The van der Waals surface area contributed by atoms with Gasteiger partial charge in [-0.3, -0.25) is 19.2 Å². The van der Waals surface area contributed by atoms with E-state index in [0.717, 1.165) is 17.3 Å². The van der Waals surface area contributed by atoms with E-state index in [-0.39, 0.29) is 12.4 Å². The molecule has 0 unspecified atom stereocenters.